The molecule has 1 aromatic heterocycles. The minimum Gasteiger partial charge on any atom is -0.476 e. The number of aromatic carboxylic acids is 1. The molecule has 0 saturated heterocycles. The van der Waals surface area contributed by atoms with E-state index in [0.29, 0.717) is 4.68 Å². The fraction of sp³-hybridized carbons (Fsp3) is 0.182. The first-order chi connectivity index (χ1) is 9.00. The summed E-state index contributed by atoms with van der Waals surface area (Å²) >= 11 is 0. The smallest absolute Gasteiger partial charge is 0.358 e. The summed E-state index contributed by atoms with van der Waals surface area (Å²) in [5.74, 6) is -2.19. The first-order valence-electron chi connectivity index (χ1n) is 5.19. The molecule has 0 aliphatic rings. The van der Waals surface area contributed by atoms with Gasteiger partial charge in [0.1, 0.15) is 11.5 Å². The van der Waals surface area contributed by atoms with Crippen molar-refractivity contribution in [2.45, 2.75) is 13.0 Å². The maximum atomic E-state index is 13.4. The van der Waals surface area contributed by atoms with Crippen molar-refractivity contribution in [3.8, 4) is 0 Å². The Hall–Kier alpha value is -2.38. The Kier molecular flexibility index (Phi) is 3.50. The molecule has 0 radical (unpaired) electrons. The summed E-state index contributed by atoms with van der Waals surface area (Å²) in [4.78, 5) is 10.7. The number of halogens is 3. The van der Waals surface area contributed by atoms with Gasteiger partial charge in [-0.05, 0) is 6.07 Å². The van der Waals surface area contributed by atoms with E-state index in [2.05, 4.69) is 10.3 Å². The molecule has 0 aliphatic carbocycles. The van der Waals surface area contributed by atoms with E-state index < -0.39 is 29.6 Å². The molecule has 1 N–H and O–H groups in total. The Morgan fingerprint density at radius 3 is 2.63 bits per heavy atom. The van der Waals surface area contributed by atoms with Crippen LogP contribution in [0.2, 0.25) is 0 Å². The Morgan fingerprint density at radius 2 is 2.05 bits per heavy atom. The lowest BCUT2D eigenvalue weighted by Crippen LogP contribution is -2.10. The van der Waals surface area contributed by atoms with Crippen LogP contribution in [0.1, 0.15) is 28.2 Å². The SMILES string of the molecule is O=C(O)c1nnn(Cc2ccccc2F)c1C(F)F. The highest BCUT2D eigenvalue weighted by Crippen LogP contribution is 2.22. The summed E-state index contributed by atoms with van der Waals surface area (Å²) in [6.07, 6.45) is -3.06. The summed E-state index contributed by atoms with van der Waals surface area (Å²) in [5.41, 5.74) is -1.55. The maximum Gasteiger partial charge on any atom is 0.358 e. The van der Waals surface area contributed by atoms with E-state index in [9.17, 15) is 18.0 Å². The molecule has 8 heteroatoms. The highest BCUT2D eigenvalue weighted by atomic mass is 19.3. The van der Waals surface area contributed by atoms with Crippen molar-refractivity contribution >= 4 is 5.97 Å². The van der Waals surface area contributed by atoms with Crippen molar-refractivity contribution < 1.29 is 23.1 Å². The number of nitrogens with zero attached hydrogens (tertiary/aromatic N) is 3. The van der Waals surface area contributed by atoms with Gasteiger partial charge in [-0.2, -0.15) is 0 Å². The second kappa shape index (κ2) is 5.09. The van der Waals surface area contributed by atoms with Gasteiger partial charge in [0.25, 0.3) is 6.43 Å². The van der Waals surface area contributed by atoms with Gasteiger partial charge in [0.2, 0.25) is 0 Å². The fourth-order valence-electron chi connectivity index (χ4n) is 1.59. The molecule has 2 rings (SSSR count). The second-order valence-corrected chi connectivity index (χ2v) is 3.68. The van der Waals surface area contributed by atoms with Crippen molar-refractivity contribution in [2.24, 2.45) is 0 Å². The Labute approximate surface area is 105 Å². The van der Waals surface area contributed by atoms with Gasteiger partial charge in [-0.25, -0.2) is 22.6 Å². The van der Waals surface area contributed by atoms with Gasteiger partial charge in [0.15, 0.2) is 5.69 Å². The number of carboxylic acid groups (broad SMARTS) is 1. The van der Waals surface area contributed by atoms with Crippen LogP contribution in [-0.4, -0.2) is 26.1 Å². The fourth-order valence-corrected chi connectivity index (χ4v) is 1.59. The van der Waals surface area contributed by atoms with Gasteiger partial charge >= 0.3 is 5.97 Å². The molecular formula is C11H8F3N3O2. The average Bonchev–Trinajstić information content (AvgIpc) is 2.76. The molecule has 0 atom stereocenters. The third-order valence-electron chi connectivity index (χ3n) is 2.46. The van der Waals surface area contributed by atoms with Crippen LogP contribution in [0.5, 0.6) is 0 Å². The summed E-state index contributed by atoms with van der Waals surface area (Å²) in [6, 6.07) is 5.56. The van der Waals surface area contributed by atoms with Gasteiger partial charge in [0, 0.05) is 5.56 Å². The summed E-state index contributed by atoms with van der Waals surface area (Å²) in [7, 11) is 0. The molecule has 19 heavy (non-hydrogen) atoms. The number of rotatable bonds is 4. The molecule has 0 aliphatic heterocycles. The summed E-state index contributed by atoms with van der Waals surface area (Å²) < 4.78 is 39.7. The predicted octanol–water partition coefficient (Wildman–Crippen LogP) is 2.10. The molecule has 0 saturated carbocycles. The highest BCUT2D eigenvalue weighted by Gasteiger charge is 2.26. The maximum absolute atomic E-state index is 13.4. The molecule has 100 valence electrons. The minimum absolute atomic E-state index is 0.117. The zero-order valence-corrected chi connectivity index (χ0v) is 9.42. The molecule has 1 aromatic carbocycles. The molecule has 0 bridgehead atoms. The van der Waals surface area contributed by atoms with Crippen molar-refractivity contribution in [3.63, 3.8) is 0 Å². The molecule has 0 fully saturated rings. The van der Waals surface area contributed by atoms with Crippen LogP contribution in [0.4, 0.5) is 13.2 Å². The Balaban J connectivity index is 2.41. The predicted molar refractivity (Wildman–Crippen MR) is 57.4 cm³/mol. The van der Waals surface area contributed by atoms with E-state index >= 15 is 0 Å². The Morgan fingerprint density at radius 1 is 1.37 bits per heavy atom. The third-order valence-corrected chi connectivity index (χ3v) is 2.46. The van der Waals surface area contributed by atoms with E-state index in [0.717, 1.165) is 0 Å². The second-order valence-electron chi connectivity index (χ2n) is 3.68. The lowest BCUT2D eigenvalue weighted by molar-refractivity contribution is 0.0675. The van der Waals surface area contributed by atoms with Crippen molar-refractivity contribution in [2.75, 3.05) is 0 Å². The molecule has 0 amide bonds. The third kappa shape index (κ3) is 2.56. The average molecular weight is 271 g/mol. The van der Waals surface area contributed by atoms with Crippen molar-refractivity contribution in [3.05, 3.63) is 47.0 Å². The standard InChI is InChI=1S/C11H8F3N3O2/c12-7-4-2-1-3-6(7)5-17-9(10(13)14)8(11(18)19)15-16-17/h1-4,10H,5H2,(H,18,19). The van der Waals surface area contributed by atoms with E-state index in [1.54, 1.807) is 0 Å². The van der Waals surface area contributed by atoms with Crippen LogP contribution >= 0.6 is 0 Å². The molecule has 5 nitrogen and oxygen atoms in total. The number of carbonyl (C=O) groups is 1. The van der Waals surface area contributed by atoms with Crippen molar-refractivity contribution in [1.29, 1.82) is 0 Å². The monoisotopic (exact) mass is 271 g/mol. The van der Waals surface area contributed by atoms with Crippen LogP contribution in [0.15, 0.2) is 24.3 Å². The van der Waals surface area contributed by atoms with Crippen LogP contribution in [0.3, 0.4) is 0 Å². The van der Waals surface area contributed by atoms with Gasteiger partial charge in [-0.3, -0.25) is 0 Å². The van der Waals surface area contributed by atoms with Crippen LogP contribution in [-0.2, 0) is 6.54 Å². The number of hydrogen-bond acceptors (Lipinski definition) is 3. The number of carboxylic acids is 1. The topological polar surface area (TPSA) is 68.0 Å². The van der Waals surface area contributed by atoms with Gasteiger partial charge in [-0.15, -0.1) is 5.10 Å². The molecule has 2 aromatic rings. The quantitative estimate of drug-likeness (QED) is 0.924. The van der Waals surface area contributed by atoms with Gasteiger partial charge in [0.05, 0.1) is 6.54 Å². The van der Waals surface area contributed by atoms with Crippen LogP contribution < -0.4 is 0 Å². The normalized spacial score (nSPS) is 10.9. The van der Waals surface area contributed by atoms with Gasteiger partial charge in [-0.1, -0.05) is 23.4 Å². The Bertz CT molecular complexity index is 613. The van der Waals surface area contributed by atoms with E-state index in [1.807, 2.05) is 0 Å². The largest absolute Gasteiger partial charge is 0.476 e. The summed E-state index contributed by atoms with van der Waals surface area (Å²) in [5, 5.41) is 15.2. The summed E-state index contributed by atoms with van der Waals surface area (Å²) in [6.45, 7) is -0.313. The minimum atomic E-state index is -3.06. The first kappa shape index (κ1) is 13.1. The van der Waals surface area contributed by atoms with E-state index in [-0.39, 0.29) is 12.1 Å². The van der Waals surface area contributed by atoms with Crippen LogP contribution in [0, 0.1) is 5.82 Å². The number of alkyl halides is 2. The molecule has 1 heterocycles. The van der Waals surface area contributed by atoms with E-state index in [4.69, 9.17) is 5.11 Å². The zero-order valence-electron chi connectivity index (χ0n) is 9.42. The zero-order chi connectivity index (χ0) is 14.0. The number of benzene rings is 1. The molecular weight excluding hydrogens is 263 g/mol. The molecule has 0 unspecified atom stereocenters. The van der Waals surface area contributed by atoms with Gasteiger partial charge < -0.3 is 5.11 Å². The highest BCUT2D eigenvalue weighted by molar-refractivity contribution is 5.86. The lowest BCUT2D eigenvalue weighted by Gasteiger charge is -2.06. The van der Waals surface area contributed by atoms with Crippen molar-refractivity contribution in [1.82, 2.24) is 15.0 Å². The van der Waals surface area contributed by atoms with Crippen LogP contribution in [0.25, 0.3) is 0 Å². The number of aromatic nitrogens is 3. The van der Waals surface area contributed by atoms with E-state index in [1.165, 1.54) is 24.3 Å². The lowest BCUT2D eigenvalue weighted by atomic mass is 10.2. The number of hydrogen-bond donors (Lipinski definition) is 1. The first-order valence-corrected chi connectivity index (χ1v) is 5.19. The molecule has 0 spiro atoms.